The van der Waals surface area contributed by atoms with Gasteiger partial charge in [-0.25, -0.2) is 14.3 Å². The van der Waals surface area contributed by atoms with Crippen molar-refractivity contribution in [3.05, 3.63) is 30.2 Å². The lowest BCUT2D eigenvalue weighted by Crippen LogP contribution is -2.07. The molecule has 2 aromatic rings. The van der Waals surface area contributed by atoms with Gasteiger partial charge in [0, 0.05) is 12.4 Å². The van der Waals surface area contributed by atoms with Gasteiger partial charge in [-0.3, -0.25) is 0 Å². The van der Waals surface area contributed by atoms with Gasteiger partial charge in [-0.15, -0.1) is 11.6 Å². The molecular weight excluding hydrogens is 218 g/mol. The van der Waals surface area contributed by atoms with Crippen LogP contribution in [0.4, 0.5) is 0 Å². The summed E-state index contributed by atoms with van der Waals surface area (Å²) in [4.78, 5) is 15.5. The molecule has 0 saturated heterocycles. The summed E-state index contributed by atoms with van der Waals surface area (Å²) in [6.45, 7) is 0.185. The Morgan fingerprint density at radius 2 is 2.47 bits per heavy atom. The number of fused-ring (bicyclic) bond motifs is 1. The van der Waals surface area contributed by atoms with Crippen molar-refractivity contribution in [3.63, 3.8) is 0 Å². The number of rotatable bonds is 3. The SMILES string of the molecule is O=C(OCCCl)c1cnn2cccnc12. The molecule has 2 aromatic heterocycles. The van der Waals surface area contributed by atoms with Crippen LogP contribution in [-0.4, -0.2) is 33.1 Å². The summed E-state index contributed by atoms with van der Waals surface area (Å²) in [6, 6.07) is 1.73. The number of alkyl halides is 1. The fourth-order valence-corrected chi connectivity index (χ4v) is 1.26. The zero-order valence-electron chi connectivity index (χ0n) is 7.76. The van der Waals surface area contributed by atoms with Gasteiger partial charge in [-0.05, 0) is 6.07 Å². The Kier molecular flexibility index (Phi) is 2.82. The molecule has 0 saturated carbocycles. The molecule has 5 nitrogen and oxygen atoms in total. The lowest BCUT2D eigenvalue weighted by Gasteiger charge is -1.99. The number of hydrogen-bond acceptors (Lipinski definition) is 4. The second-order valence-electron chi connectivity index (χ2n) is 2.77. The smallest absolute Gasteiger partial charge is 0.343 e. The third kappa shape index (κ3) is 1.92. The summed E-state index contributed by atoms with van der Waals surface area (Å²) in [5, 5.41) is 3.97. The number of hydrogen-bond donors (Lipinski definition) is 0. The van der Waals surface area contributed by atoms with Gasteiger partial charge in [0.2, 0.25) is 0 Å². The number of esters is 1. The first kappa shape index (κ1) is 9.92. The van der Waals surface area contributed by atoms with Crippen molar-refractivity contribution in [2.75, 3.05) is 12.5 Å². The van der Waals surface area contributed by atoms with Crippen molar-refractivity contribution >= 4 is 23.2 Å². The molecular formula is C9H8ClN3O2. The second-order valence-corrected chi connectivity index (χ2v) is 3.15. The largest absolute Gasteiger partial charge is 0.461 e. The van der Waals surface area contributed by atoms with Gasteiger partial charge in [0.1, 0.15) is 12.2 Å². The first-order valence-corrected chi connectivity index (χ1v) is 4.88. The van der Waals surface area contributed by atoms with Crippen molar-refractivity contribution in [2.24, 2.45) is 0 Å². The zero-order valence-corrected chi connectivity index (χ0v) is 8.52. The Morgan fingerprint density at radius 3 is 3.27 bits per heavy atom. The maximum Gasteiger partial charge on any atom is 0.343 e. The van der Waals surface area contributed by atoms with Crippen molar-refractivity contribution in [3.8, 4) is 0 Å². The minimum absolute atomic E-state index is 0.185. The summed E-state index contributed by atoms with van der Waals surface area (Å²) in [5.74, 6) is -0.178. The van der Waals surface area contributed by atoms with Crippen molar-refractivity contribution < 1.29 is 9.53 Å². The molecule has 6 heteroatoms. The first-order valence-electron chi connectivity index (χ1n) is 4.34. The molecule has 0 spiro atoms. The third-order valence-corrected chi connectivity index (χ3v) is 1.96. The predicted octanol–water partition coefficient (Wildman–Crippen LogP) is 1.12. The highest BCUT2D eigenvalue weighted by atomic mass is 35.5. The Labute approximate surface area is 90.6 Å². The van der Waals surface area contributed by atoms with E-state index in [-0.39, 0.29) is 12.5 Å². The van der Waals surface area contributed by atoms with E-state index in [4.69, 9.17) is 16.3 Å². The highest BCUT2D eigenvalue weighted by Gasteiger charge is 2.14. The Balaban J connectivity index is 2.31. The van der Waals surface area contributed by atoms with Crippen LogP contribution in [0.2, 0.25) is 0 Å². The average Bonchev–Trinajstić information content (AvgIpc) is 2.69. The molecule has 0 atom stereocenters. The molecule has 0 N–H and O–H groups in total. The van der Waals surface area contributed by atoms with Crippen LogP contribution in [0, 0.1) is 0 Å². The lowest BCUT2D eigenvalue weighted by atomic mass is 10.3. The summed E-state index contributed by atoms with van der Waals surface area (Å²) >= 11 is 5.41. The molecule has 15 heavy (non-hydrogen) atoms. The number of carbonyl (C=O) groups excluding carboxylic acids is 1. The van der Waals surface area contributed by atoms with E-state index < -0.39 is 5.97 Å². The minimum atomic E-state index is -0.454. The molecule has 2 rings (SSSR count). The molecule has 0 amide bonds. The number of carbonyl (C=O) groups is 1. The standard InChI is InChI=1S/C9H8ClN3O2/c10-2-5-15-9(14)7-6-12-13-4-1-3-11-8(7)13/h1,3-4,6H,2,5H2. The van der Waals surface area contributed by atoms with Gasteiger partial charge >= 0.3 is 5.97 Å². The Hall–Kier alpha value is -1.62. The van der Waals surface area contributed by atoms with Crippen LogP contribution in [0.15, 0.2) is 24.7 Å². The van der Waals surface area contributed by atoms with Crippen LogP contribution in [0.25, 0.3) is 5.65 Å². The molecule has 0 aliphatic heterocycles. The Bertz CT molecular complexity index is 483. The molecule has 2 heterocycles. The van der Waals surface area contributed by atoms with Crippen molar-refractivity contribution in [1.82, 2.24) is 14.6 Å². The number of ether oxygens (including phenoxy) is 1. The molecule has 0 bridgehead atoms. The highest BCUT2D eigenvalue weighted by molar-refractivity contribution is 6.18. The maximum atomic E-state index is 11.5. The van der Waals surface area contributed by atoms with E-state index in [9.17, 15) is 4.79 Å². The summed E-state index contributed by atoms with van der Waals surface area (Å²) in [5.41, 5.74) is 0.831. The van der Waals surface area contributed by atoms with Crippen LogP contribution in [0.1, 0.15) is 10.4 Å². The second kappa shape index (κ2) is 4.27. The van der Waals surface area contributed by atoms with Gasteiger partial charge in [0.05, 0.1) is 12.1 Å². The normalized spacial score (nSPS) is 10.5. The predicted molar refractivity (Wildman–Crippen MR) is 54.0 cm³/mol. The monoisotopic (exact) mass is 225 g/mol. The van der Waals surface area contributed by atoms with E-state index >= 15 is 0 Å². The van der Waals surface area contributed by atoms with E-state index in [1.165, 1.54) is 10.7 Å². The molecule has 0 aromatic carbocycles. The average molecular weight is 226 g/mol. The topological polar surface area (TPSA) is 56.5 Å². The van der Waals surface area contributed by atoms with Gasteiger partial charge in [-0.1, -0.05) is 0 Å². The number of nitrogens with zero attached hydrogens (tertiary/aromatic N) is 3. The van der Waals surface area contributed by atoms with E-state index in [2.05, 4.69) is 10.1 Å². The van der Waals surface area contributed by atoms with E-state index in [1.54, 1.807) is 18.5 Å². The van der Waals surface area contributed by atoms with Crippen molar-refractivity contribution in [2.45, 2.75) is 0 Å². The van der Waals surface area contributed by atoms with E-state index in [0.717, 1.165) is 0 Å². The molecule has 78 valence electrons. The fraction of sp³-hybridized carbons (Fsp3) is 0.222. The molecule has 0 radical (unpaired) electrons. The summed E-state index contributed by atoms with van der Waals surface area (Å²) < 4.78 is 6.39. The van der Waals surface area contributed by atoms with E-state index in [1.807, 2.05) is 0 Å². The fourth-order valence-electron chi connectivity index (χ4n) is 1.18. The van der Waals surface area contributed by atoms with Crippen LogP contribution >= 0.6 is 11.6 Å². The van der Waals surface area contributed by atoms with Gasteiger partial charge in [-0.2, -0.15) is 5.10 Å². The highest BCUT2D eigenvalue weighted by Crippen LogP contribution is 2.08. The minimum Gasteiger partial charge on any atom is -0.461 e. The maximum absolute atomic E-state index is 11.5. The van der Waals surface area contributed by atoms with Crippen LogP contribution in [0.3, 0.4) is 0 Å². The van der Waals surface area contributed by atoms with Gasteiger partial charge < -0.3 is 4.74 Å². The van der Waals surface area contributed by atoms with Gasteiger partial charge in [0.15, 0.2) is 5.65 Å². The number of halogens is 1. The molecule has 0 unspecified atom stereocenters. The lowest BCUT2D eigenvalue weighted by molar-refractivity contribution is 0.0531. The van der Waals surface area contributed by atoms with Crippen LogP contribution in [-0.2, 0) is 4.74 Å². The molecule has 0 aliphatic carbocycles. The molecule has 0 fully saturated rings. The van der Waals surface area contributed by atoms with Gasteiger partial charge in [0.25, 0.3) is 0 Å². The quantitative estimate of drug-likeness (QED) is 0.580. The summed E-state index contributed by atoms with van der Waals surface area (Å²) in [7, 11) is 0. The summed E-state index contributed by atoms with van der Waals surface area (Å²) in [6.07, 6.45) is 4.73. The van der Waals surface area contributed by atoms with Crippen LogP contribution in [0.5, 0.6) is 0 Å². The van der Waals surface area contributed by atoms with Crippen LogP contribution < -0.4 is 0 Å². The molecule has 0 aliphatic rings. The Morgan fingerprint density at radius 1 is 1.60 bits per heavy atom. The number of aromatic nitrogens is 3. The van der Waals surface area contributed by atoms with E-state index in [0.29, 0.717) is 11.2 Å². The first-order chi connectivity index (χ1) is 7.33. The van der Waals surface area contributed by atoms with Crippen molar-refractivity contribution in [1.29, 1.82) is 0 Å². The zero-order chi connectivity index (χ0) is 10.7. The third-order valence-electron chi connectivity index (χ3n) is 1.81.